The Balaban J connectivity index is 2.71. The molecule has 1 aliphatic heterocycles. The number of nitrogens with zero attached hydrogens (tertiary/aromatic N) is 2. The van der Waals surface area contributed by atoms with Crippen LogP contribution in [0.5, 0.6) is 0 Å². The van der Waals surface area contributed by atoms with Gasteiger partial charge in [0.05, 0.1) is 6.21 Å². The Morgan fingerprint density at radius 3 is 2.80 bits per heavy atom. The van der Waals surface area contributed by atoms with Crippen LogP contribution in [0.15, 0.2) is 17.1 Å². The van der Waals surface area contributed by atoms with Crippen LogP contribution >= 0.6 is 0 Å². The van der Waals surface area contributed by atoms with E-state index in [4.69, 9.17) is 0 Å². The summed E-state index contributed by atoms with van der Waals surface area (Å²) in [6, 6.07) is -0.933. The maximum Gasteiger partial charge on any atom is 0.269 e. The molecule has 0 aromatic rings. The van der Waals surface area contributed by atoms with E-state index in [1.165, 1.54) is 6.08 Å². The minimum Gasteiger partial charge on any atom is -0.268 e. The molecule has 1 atom stereocenters. The zero-order valence-corrected chi connectivity index (χ0v) is 4.93. The molecule has 0 N–H and O–H groups in total. The first kappa shape index (κ1) is 6.60. The molecule has 0 saturated heterocycles. The standard InChI is InChI=1S/C5H4N2O3/c8-5-2-1-4(3-6-5)7(9)10/h1-4H. The second kappa shape index (κ2) is 2.38. The molecule has 1 aliphatic rings. The molecule has 0 aromatic carbocycles. The Morgan fingerprint density at radius 2 is 2.40 bits per heavy atom. The molecular formula is C5H4N2O3. The molecule has 0 saturated carbocycles. The first-order valence-electron chi connectivity index (χ1n) is 2.60. The van der Waals surface area contributed by atoms with Crippen molar-refractivity contribution in [3.63, 3.8) is 0 Å². The largest absolute Gasteiger partial charge is 0.269 e. The Kier molecular flexibility index (Phi) is 1.57. The molecule has 52 valence electrons. The summed E-state index contributed by atoms with van der Waals surface area (Å²) in [5, 5.41) is 10.0. The summed E-state index contributed by atoms with van der Waals surface area (Å²) in [7, 11) is 0. The molecular weight excluding hydrogens is 136 g/mol. The van der Waals surface area contributed by atoms with E-state index >= 15 is 0 Å². The molecule has 0 bridgehead atoms. The molecule has 1 heterocycles. The zero-order valence-electron chi connectivity index (χ0n) is 4.93. The first-order valence-corrected chi connectivity index (χ1v) is 2.60. The van der Waals surface area contributed by atoms with E-state index in [0.29, 0.717) is 0 Å². The average Bonchev–Trinajstić information content (AvgIpc) is 1.88. The van der Waals surface area contributed by atoms with Crippen LogP contribution < -0.4 is 0 Å². The number of aliphatic imine (C=N–C) groups is 1. The topological polar surface area (TPSA) is 72.6 Å². The lowest BCUT2D eigenvalue weighted by Crippen LogP contribution is -2.21. The van der Waals surface area contributed by atoms with Gasteiger partial charge in [0.15, 0.2) is 0 Å². The highest BCUT2D eigenvalue weighted by Gasteiger charge is 2.16. The van der Waals surface area contributed by atoms with Crippen LogP contribution in [0.2, 0.25) is 0 Å². The minimum atomic E-state index is -0.933. The Bertz CT molecular complexity index is 215. The molecule has 5 nitrogen and oxygen atoms in total. The quantitative estimate of drug-likeness (QED) is 0.374. The number of carbonyl (C=O) groups excluding carboxylic acids is 1. The van der Waals surface area contributed by atoms with Gasteiger partial charge in [-0.1, -0.05) is 0 Å². The van der Waals surface area contributed by atoms with E-state index in [1.54, 1.807) is 0 Å². The van der Waals surface area contributed by atoms with Gasteiger partial charge < -0.3 is 0 Å². The third-order valence-electron chi connectivity index (χ3n) is 1.03. The third kappa shape index (κ3) is 1.25. The van der Waals surface area contributed by atoms with Gasteiger partial charge in [0.2, 0.25) is 0 Å². The summed E-state index contributed by atoms with van der Waals surface area (Å²) >= 11 is 0. The van der Waals surface area contributed by atoms with Crippen LogP contribution in [0.3, 0.4) is 0 Å². The fraction of sp³-hybridized carbons (Fsp3) is 0.200. The molecule has 10 heavy (non-hydrogen) atoms. The van der Waals surface area contributed by atoms with Gasteiger partial charge >= 0.3 is 0 Å². The highest BCUT2D eigenvalue weighted by Crippen LogP contribution is 1.96. The number of carbonyl (C=O) groups is 1. The Hall–Kier alpha value is -1.52. The minimum absolute atomic E-state index is 0.446. The molecule has 1 amide bonds. The predicted octanol–water partition coefficient (Wildman–Crippen LogP) is -0.201. The van der Waals surface area contributed by atoms with Crippen molar-refractivity contribution in [2.45, 2.75) is 6.04 Å². The van der Waals surface area contributed by atoms with Gasteiger partial charge in [0.1, 0.15) is 0 Å². The number of dihydropyridines is 1. The summed E-state index contributed by atoms with van der Waals surface area (Å²) < 4.78 is 0. The molecule has 1 unspecified atom stereocenters. The van der Waals surface area contributed by atoms with Crippen molar-refractivity contribution < 1.29 is 9.72 Å². The molecule has 0 aliphatic carbocycles. The molecule has 0 radical (unpaired) electrons. The molecule has 5 heteroatoms. The van der Waals surface area contributed by atoms with Crippen LogP contribution in [-0.2, 0) is 4.79 Å². The van der Waals surface area contributed by atoms with Crippen molar-refractivity contribution in [1.29, 1.82) is 0 Å². The molecule has 0 fully saturated rings. The van der Waals surface area contributed by atoms with Crippen LogP contribution in [0, 0.1) is 10.1 Å². The van der Waals surface area contributed by atoms with E-state index in [-0.39, 0.29) is 0 Å². The number of rotatable bonds is 1. The molecule has 0 spiro atoms. The SMILES string of the molecule is O=C1C=CC([N+](=O)[O-])C=N1. The van der Waals surface area contributed by atoms with Gasteiger partial charge in [-0.2, -0.15) is 0 Å². The number of nitro groups is 1. The van der Waals surface area contributed by atoms with Gasteiger partial charge in [0, 0.05) is 17.1 Å². The van der Waals surface area contributed by atoms with Gasteiger partial charge in [-0.3, -0.25) is 14.9 Å². The summed E-state index contributed by atoms with van der Waals surface area (Å²) in [6.07, 6.45) is 3.31. The van der Waals surface area contributed by atoms with Gasteiger partial charge in [0.25, 0.3) is 11.9 Å². The normalized spacial score (nSPS) is 23.2. The van der Waals surface area contributed by atoms with Crippen molar-refractivity contribution in [1.82, 2.24) is 0 Å². The number of hydrogen-bond acceptors (Lipinski definition) is 3. The smallest absolute Gasteiger partial charge is 0.268 e. The zero-order chi connectivity index (χ0) is 7.56. The van der Waals surface area contributed by atoms with Crippen LogP contribution in [-0.4, -0.2) is 23.1 Å². The fourth-order valence-electron chi connectivity index (χ4n) is 0.548. The third-order valence-corrected chi connectivity index (χ3v) is 1.03. The predicted molar refractivity (Wildman–Crippen MR) is 33.4 cm³/mol. The maximum absolute atomic E-state index is 10.3. The number of hydrogen-bond donors (Lipinski definition) is 0. The Morgan fingerprint density at radius 1 is 1.70 bits per heavy atom. The average molecular weight is 140 g/mol. The van der Waals surface area contributed by atoms with Gasteiger partial charge in [-0.05, 0) is 0 Å². The van der Waals surface area contributed by atoms with E-state index in [2.05, 4.69) is 4.99 Å². The lowest BCUT2D eigenvalue weighted by atomic mass is 10.2. The summed E-state index contributed by atoms with van der Waals surface area (Å²) in [5.74, 6) is -0.446. The fourth-order valence-corrected chi connectivity index (χ4v) is 0.548. The van der Waals surface area contributed by atoms with E-state index in [1.807, 2.05) is 0 Å². The van der Waals surface area contributed by atoms with Crippen LogP contribution in [0.25, 0.3) is 0 Å². The Labute approximate surface area is 56.2 Å². The van der Waals surface area contributed by atoms with Gasteiger partial charge in [-0.15, -0.1) is 0 Å². The van der Waals surface area contributed by atoms with Gasteiger partial charge in [-0.25, -0.2) is 4.99 Å². The van der Waals surface area contributed by atoms with Crippen LogP contribution in [0.1, 0.15) is 0 Å². The first-order chi connectivity index (χ1) is 4.70. The second-order valence-corrected chi connectivity index (χ2v) is 1.75. The summed E-state index contributed by atoms with van der Waals surface area (Å²) in [6.45, 7) is 0. The number of amides is 1. The maximum atomic E-state index is 10.3. The van der Waals surface area contributed by atoms with Crippen LogP contribution in [0.4, 0.5) is 0 Å². The summed E-state index contributed by atoms with van der Waals surface area (Å²) in [5.41, 5.74) is 0. The highest BCUT2D eigenvalue weighted by atomic mass is 16.6. The summed E-state index contributed by atoms with van der Waals surface area (Å²) in [4.78, 5) is 23.1. The van der Waals surface area contributed by atoms with E-state index in [9.17, 15) is 14.9 Å². The van der Waals surface area contributed by atoms with Crippen molar-refractivity contribution in [3.05, 3.63) is 22.3 Å². The highest BCUT2D eigenvalue weighted by molar-refractivity contribution is 5.97. The van der Waals surface area contributed by atoms with Crippen molar-refractivity contribution in [3.8, 4) is 0 Å². The second-order valence-electron chi connectivity index (χ2n) is 1.75. The molecule has 0 aromatic heterocycles. The lowest BCUT2D eigenvalue weighted by molar-refractivity contribution is -0.489. The van der Waals surface area contributed by atoms with Crippen molar-refractivity contribution in [2.24, 2.45) is 4.99 Å². The monoisotopic (exact) mass is 140 g/mol. The van der Waals surface area contributed by atoms with Crippen molar-refractivity contribution in [2.75, 3.05) is 0 Å². The lowest BCUT2D eigenvalue weighted by Gasteiger charge is -1.99. The molecule has 1 rings (SSSR count). The van der Waals surface area contributed by atoms with Crippen molar-refractivity contribution >= 4 is 12.1 Å². The van der Waals surface area contributed by atoms with E-state index in [0.717, 1.165) is 12.3 Å². The van der Waals surface area contributed by atoms with E-state index < -0.39 is 16.9 Å².